The summed E-state index contributed by atoms with van der Waals surface area (Å²) in [6.07, 6.45) is 7.77. The summed E-state index contributed by atoms with van der Waals surface area (Å²) in [5, 5.41) is 4.25. The first-order valence-electron chi connectivity index (χ1n) is 5.36. The van der Waals surface area contributed by atoms with Crippen LogP contribution in [0.4, 0.5) is 0 Å². The van der Waals surface area contributed by atoms with Gasteiger partial charge < -0.3 is 0 Å². The second kappa shape index (κ2) is 3.95. The average molecular weight is 192 g/mol. The molecule has 2 rings (SSSR count). The first-order chi connectivity index (χ1) is 6.81. The second-order valence-corrected chi connectivity index (χ2v) is 3.95. The predicted octanol–water partition coefficient (Wildman–Crippen LogP) is 2.13. The van der Waals surface area contributed by atoms with Crippen LogP contribution in [-0.2, 0) is 11.3 Å². The Kier molecular flexibility index (Phi) is 2.66. The molecule has 1 aromatic rings. The highest BCUT2D eigenvalue weighted by Crippen LogP contribution is 2.30. The molecular formula is C11H16N2O. The molecule has 1 unspecified atom stereocenters. The van der Waals surface area contributed by atoms with Gasteiger partial charge >= 0.3 is 0 Å². The topological polar surface area (TPSA) is 34.9 Å². The zero-order chi connectivity index (χ0) is 9.97. The monoisotopic (exact) mass is 192 g/mol. The van der Waals surface area contributed by atoms with Gasteiger partial charge in [0.2, 0.25) is 0 Å². The molecule has 0 aliphatic heterocycles. The maximum absolute atomic E-state index is 11.5. The molecule has 0 bridgehead atoms. The van der Waals surface area contributed by atoms with E-state index in [1.807, 2.05) is 17.1 Å². The van der Waals surface area contributed by atoms with Crippen molar-refractivity contribution in [3.63, 3.8) is 0 Å². The number of hydrogen-bond acceptors (Lipinski definition) is 2. The van der Waals surface area contributed by atoms with E-state index in [1.54, 1.807) is 0 Å². The van der Waals surface area contributed by atoms with E-state index < -0.39 is 0 Å². The first kappa shape index (κ1) is 9.44. The number of Topliss-reactive ketones (excluding diaryl/α,β-unsaturated/α-hetero) is 1. The van der Waals surface area contributed by atoms with Gasteiger partial charge in [0, 0.05) is 30.6 Å². The van der Waals surface area contributed by atoms with Crippen molar-refractivity contribution in [3.8, 4) is 0 Å². The van der Waals surface area contributed by atoms with Crippen LogP contribution >= 0.6 is 0 Å². The summed E-state index contributed by atoms with van der Waals surface area (Å²) in [7, 11) is 0. The Hall–Kier alpha value is -1.12. The van der Waals surface area contributed by atoms with Crippen molar-refractivity contribution in [3.05, 3.63) is 18.0 Å². The van der Waals surface area contributed by atoms with E-state index in [0.29, 0.717) is 5.78 Å². The smallest absolute Gasteiger partial charge is 0.140 e. The lowest BCUT2D eigenvalue weighted by atomic mass is 10.0. The van der Waals surface area contributed by atoms with E-state index in [0.717, 1.165) is 37.8 Å². The lowest BCUT2D eigenvalue weighted by molar-refractivity contribution is -0.118. The predicted molar refractivity (Wildman–Crippen MR) is 54.1 cm³/mol. The first-order valence-corrected chi connectivity index (χ1v) is 5.36. The lowest BCUT2D eigenvalue weighted by Crippen LogP contribution is -2.03. The molecule has 1 aliphatic rings. The molecule has 1 fully saturated rings. The molecule has 0 radical (unpaired) electrons. The summed E-state index contributed by atoms with van der Waals surface area (Å²) in [6.45, 7) is 3.07. The van der Waals surface area contributed by atoms with Gasteiger partial charge in [-0.2, -0.15) is 5.10 Å². The standard InChI is InChI=1S/C11H16N2O/c1-2-6-13-8-9(7-12-13)10-4-3-5-11(10)14/h7-8,10H,2-6H2,1H3. The third-order valence-electron chi connectivity index (χ3n) is 2.81. The molecule has 3 heteroatoms. The molecule has 0 N–H and O–H groups in total. The van der Waals surface area contributed by atoms with Crippen molar-refractivity contribution in [1.29, 1.82) is 0 Å². The van der Waals surface area contributed by atoms with Crippen molar-refractivity contribution < 1.29 is 4.79 Å². The Morgan fingerprint density at radius 2 is 2.50 bits per heavy atom. The molecule has 1 aliphatic carbocycles. The minimum atomic E-state index is 0.139. The van der Waals surface area contributed by atoms with Crippen LogP contribution < -0.4 is 0 Å². The summed E-state index contributed by atoms with van der Waals surface area (Å²) in [4.78, 5) is 11.5. The fourth-order valence-electron chi connectivity index (χ4n) is 2.08. The van der Waals surface area contributed by atoms with Crippen molar-refractivity contribution in [2.45, 2.75) is 45.1 Å². The van der Waals surface area contributed by atoms with Crippen molar-refractivity contribution in [2.75, 3.05) is 0 Å². The summed E-state index contributed by atoms with van der Waals surface area (Å²) in [5.41, 5.74) is 1.11. The minimum Gasteiger partial charge on any atom is -0.299 e. The number of nitrogens with zero attached hydrogens (tertiary/aromatic N) is 2. The van der Waals surface area contributed by atoms with Gasteiger partial charge in [-0.25, -0.2) is 0 Å². The van der Waals surface area contributed by atoms with Gasteiger partial charge in [0.1, 0.15) is 5.78 Å². The van der Waals surface area contributed by atoms with Crippen LogP contribution in [0.2, 0.25) is 0 Å². The molecule has 0 saturated heterocycles. The number of aryl methyl sites for hydroxylation is 1. The zero-order valence-corrected chi connectivity index (χ0v) is 8.57. The van der Waals surface area contributed by atoms with Crippen molar-refractivity contribution >= 4 is 5.78 Å². The molecule has 1 aromatic heterocycles. The van der Waals surface area contributed by atoms with E-state index in [2.05, 4.69) is 12.0 Å². The Labute approximate surface area is 84.1 Å². The van der Waals surface area contributed by atoms with Crippen molar-refractivity contribution in [1.82, 2.24) is 9.78 Å². The van der Waals surface area contributed by atoms with E-state index in [-0.39, 0.29) is 5.92 Å². The molecule has 0 amide bonds. The molecule has 76 valence electrons. The van der Waals surface area contributed by atoms with E-state index in [1.165, 1.54) is 0 Å². The Morgan fingerprint density at radius 1 is 1.64 bits per heavy atom. The van der Waals surface area contributed by atoms with Gasteiger partial charge in [0.05, 0.1) is 6.20 Å². The molecule has 1 heterocycles. The summed E-state index contributed by atoms with van der Waals surface area (Å²) < 4.78 is 1.93. The molecular weight excluding hydrogens is 176 g/mol. The number of carbonyl (C=O) groups excluding carboxylic acids is 1. The lowest BCUT2D eigenvalue weighted by Gasteiger charge is -2.02. The zero-order valence-electron chi connectivity index (χ0n) is 8.57. The molecule has 1 atom stereocenters. The Balaban J connectivity index is 2.12. The van der Waals surface area contributed by atoms with Crippen LogP contribution in [0.3, 0.4) is 0 Å². The fraction of sp³-hybridized carbons (Fsp3) is 0.636. The summed E-state index contributed by atoms with van der Waals surface area (Å²) in [5.74, 6) is 0.529. The largest absolute Gasteiger partial charge is 0.299 e. The van der Waals surface area contributed by atoms with E-state index in [4.69, 9.17) is 0 Å². The highest BCUT2D eigenvalue weighted by Gasteiger charge is 2.26. The van der Waals surface area contributed by atoms with Crippen LogP contribution in [0.1, 0.15) is 44.1 Å². The number of carbonyl (C=O) groups is 1. The van der Waals surface area contributed by atoms with Crippen LogP contribution in [0.15, 0.2) is 12.4 Å². The SMILES string of the molecule is CCCn1cc(C2CCCC2=O)cn1. The quantitative estimate of drug-likeness (QED) is 0.735. The summed E-state index contributed by atoms with van der Waals surface area (Å²) >= 11 is 0. The molecule has 14 heavy (non-hydrogen) atoms. The number of ketones is 1. The fourth-order valence-corrected chi connectivity index (χ4v) is 2.08. The van der Waals surface area contributed by atoms with Crippen LogP contribution in [-0.4, -0.2) is 15.6 Å². The third kappa shape index (κ3) is 1.72. The maximum atomic E-state index is 11.5. The number of rotatable bonds is 3. The summed E-state index contributed by atoms with van der Waals surface area (Å²) in [6, 6.07) is 0. The molecule has 0 aromatic carbocycles. The number of aromatic nitrogens is 2. The highest BCUT2D eigenvalue weighted by molar-refractivity contribution is 5.87. The van der Waals surface area contributed by atoms with E-state index in [9.17, 15) is 4.79 Å². The number of hydrogen-bond donors (Lipinski definition) is 0. The van der Waals surface area contributed by atoms with Gasteiger partial charge in [-0.05, 0) is 19.3 Å². The molecule has 0 spiro atoms. The van der Waals surface area contributed by atoms with Crippen molar-refractivity contribution in [2.24, 2.45) is 0 Å². The van der Waals surface area contributed by atoms with Gasteiger partial charge in [-0.1, -0.05) is 6.92 Å². The van der Waals surface area contributed by atoms with Gasteiger partial charge in [-0.15, -0.1) is 0 Å². The molecule has 1 saturated carbocycles. The van der Waals surface area contributed by atoms with Gasteiger partial charge in [-0.3, -0.25) is 9.48 Å². The average Bonchev–Trinajstić information content (AvgIpc) is 2.74. The van der Waals surface area contributed by atoms with E-state index >= 15 is 0 Å². The second-order valence-electron chi connectivity index (χ2n) is 3.95. The Morgan fingerprint density at radius 3 is 3.14 bits per heavy atom. The molecule has 3 nitrogen and oxygen atoms in total. The van der Waals surface area contributed by atoms with Gasteiger partial charge in [0.25, 0.3) is 0 Å². The van der Waals surface area contributed by atoms with Crippen LogP contribution in [0.25, 0.3) is 0 Å². The third-order valence-corrected chi connectivity index (χ3v) is 2.81. The minimum absolute atomic E-state index is 0.139. The van der Waals surface area contributed by atoms with Crippen LogP contribution in [0.5, 0.6) is 0 Å². The van der Waals surface area contributed by atoms with Gasteiger partial charge in [0.15, 0.2) is 0 Å². The van der Waals surface area contributed by atoms with Crippen LogP contribution in [0, 0.1) is 0 Å². The highest BCUT2D eigenvalue weighted by atomic mass is 16.1. The Bertz CT molecular complexity index is 330. The maximum Gasteiger partial charge on any atom is 0.140 e. The normalized spacial score (nSPS) is 21.8.